The predicted octanol–water partition coefficient (Wildman–Crippen LogP) is 4.09. The molecule has 0 bridgehead atoms. The maximum absolute atomic E-state index is 13.4. The minimum atomic E-state index is -0.776. The van der Waals surface area contributed by atoms with E-state index in [9.17, 15) is 14.7 Å². The van der Waals surface area contributed by atoms with Crippen molar-refractivity contribution in [3.05, 3.63) is 58.2 Å². The van der Waals surface area contributed by atoms with Gasteiger partial charge in [0.15, 0.2) is 11.5 Å². The maximum Gasteiger partial charge on any atom is 0.295 e. The highest BCUT2D eigenvalue weighted by molar-refractivity contribution is 6.46. The summed E-state index contributed by atoms with van der Waals surface area (Å²) in [6.07, 6.45) is 0. The Balaban J connectivity index is 2.23. The van der Waals surface area contributed by atoms with Gasteiger partial charge in [-0.25, -0.2) is 0 Å². The van der Waals surface area contributed by atoms with E-state index < -0.39 is 17.7 Å². The summed E-state index contributed by atoms with van der Waals surface area (Å²) in [6.45, 7) is 9.22. The van der Waals surface area contributed by atoms with Crippen LogP contribution in [0.4, 0.5) is 0 Å². The number of nitrogens with zero attached hydrogens (tertiary/aromatic N) is 2. The molecule has 2 aromatic carbocycles. The average molecular weight is 497 g/mol. The van der Waals surface area contributed by atoms with Crippen molar-refractivity contribution in [3.8, 4) is 17.2 Å². The number of carbonyl (C=O) groups is 2. The molecule has 36 heavy (non-hydrogen) atoms. The highest BCUT2D eigenvalue weighted by atomic mass is 16.5. The van der Waals surface area contributed by atoms with Crippen molar-refractivity contribution in [2.75, 3.05) is 47.5 Å². The van der Waals surface area contributed by atoms with E-state index in [1.165, 1.54) is 4.90 Å². The van der Waals surface area contributed by atoms with Crippen molar-refractivity contribution in [3.63, 3.8) is 0 Å². The first kappa shape index (κ1) is 27.1. The molecule has 0 aromatic heterocycles. The highest BCUT2D eigenvalue weighted by Gasteiger charge is 2.46. The number of ketones is 1. The first-order chi connectivity index (χ1) is 17.1. The summed E-state index contributed by atoms with van der Waals surface area (Å²) >= 11 is 0. The molecule has 8 nitrogen and oxygen atoms in total. The van der Waals surface area contributed by atoms with Crippen molar-refractivity contribution in [2.24, 2.45) is 0 Å². The number of methoxy groups -OCH3 is 1. The Labute approximate surface area is 213 Å². The number of amides is 1. The fourth-order valence-electron chi connectivity index (χ4n) is 4.41. The van der Waals surface area contributed by atoms with E-state index in [0.29, 0.717) is 54.7 Å². The molecule has 1 saturated heterocycles. The number of carbonyl (C=O) groups excluding carboxylic acids is 2. The van der Waals surface area contributed by atoms with E-state index in [-0.39, 0.29) is 11.3 Å². The van der Waals surface area contributed by atoms with Gasteiger partial charge >= 0.3 is 0 Å². The van der Waals surface area contributed by atoms with Crippen molar-refractivity contribution in [1.29, 1.82) is 0 Å². The molecule has 0 saturated carbocycles. The Bertz CT molecular complexity index is 1170. The van der Waals surface area contributed by atoms with Crippen LogP contribution in [-0.4, -0.2) is 74.1 Å². The van der Waals surface area contributed by atoms with Crippen molar-refractivity contribution in [1.82, 2.24) is 9.80 Å². The van der Waals surface area contributed by atoms with Crippen molar-refractivity contribution < 1.29 is 28.9 Å². The number of aliphatic hydroxyl groups is 1. The summed E-state index contributed by atoms with van der Waals surface area (Å²) in [4.78, 5) is 30.0. The van der Waals surface area contributed by atoms with Gasteiger partial charge in [0, 0.05) is 18.7 Å². The third kappa shape index (κ3) is 5.33. The monoisotopic (exact) mass is 496 g/mol. The van der Waals surface area contributed by atoms with Crippen LogP contribution in [0, 0.1) is 13.8 Å². The SMILES string of the molecule is CCOc1ccc(C2/C(=C(\O)c3cc(C)c(OC)cc3C)C(=O)C(=O)N2CCN(C)C)cc1OCC. The molecule has 0 aliphatic carbocycles. The number of rotatable bonds is 10. The molecule has 1 heterocycles. The Morgan fingerprint density at radius 3 is 2.25 bits per heavy atom. The zero-order valence-corrected chi connectivity index (χ0v) is 22.2. The summed E-state index contributed by atoms with van der Waals surface area (Å²) in [5, 5.41) is 11.5. The van der Waals surface area contributed by atoms with E-state index in [0.717, 1.165) is 11.1 Å². The van der Waals surface area contributed by atoms with Crippen molar-refractivity contribution in [2.45, 2.75) is 33.7 Å². The zero-order valence-electron chi connectivity index (χ0n) is 22.2. The first-order valence-corrected chi connectivity index (χ1v) is 12.1. The van der Waals surface area contributed by atoms with Crippen LogP contribution in [0.3, 0.4) is 0 Å². The molecule has 2 aromatic rings. The Morgan fingerprint density at radius 2 is 1.64 bits per heavy atom. The molecule has 8 heteroatoms. The molecular formula is C28H36N2O6. The van der Waals surface area contributed by atoms with Crippen LogP contribution in [0.15, 0.2) is 35.9 Å². The number of benzene rings is 2. The smallest absolute Gasteiger partial charge is 0.295 e. The highest BCUT2D eigenvalue weighted by Crippen LogP contribution is 2.42. The standard InChI is InChI=1S/C28H36N2O6/c1-8-35-21-11-10-19(16-23(21)36-9-2)25-24(27(32)28(33)30(25)13-12-29(5)6)26(31)20-14-18(4)22(34-7)15-17(20)3/h10-11,14-16,25,31H,8-9,12-13H2,1-7H3/b26-24+. The Morgan fingerprint density at radius 1 is 0.972 bits per heavy atom. The zero-order chi connectivity index (χ0) is 26.6. The van der Waals surface area contributed by atoms with E-state index in [1.807, 2.05) is 58.8 Å². The predicted molar refractivity (Wildman–Crippen MR) is 139 cm³/mol. The lowest BCUT2D eigenvalue weighted by Crippen LogP contribution is -2.35. The molecule has 1 fully saturated rings. The number of likely N-dealkylation sites (N-methyl/N-ethyl adjacent to an activating group) is 1. The van der Waals surface area contributed by atoms with E-state index in [2.05, 4.69) is 0 Å². The Kier molecular flexibility index (Phi) is 8.63. The molecule has 1 N–H and O–H groups in total. The fraction of sp³-hybridized carbons (Fsp3) is 0.429. The molecular weight excluding hydrogens is 460 g/mol. The van der Waals surface area contributed by atoms with Gasteiger partial charge in [-0.1, -0.05) is 6.07 Å². The molecule has 1 amide bonds. The van der Waals surface area contributed by atoms with Gasteiger partial charge in [-0.15, -0.1) is 0 Å². The number of hydrogen-bond donors (Lipinski definition) is 1. The lowest BCUT2D eigenvalue weighted by Gasteiger charge is -2.27. The molecule has 1 unspecified atom stereocenters. The van der Waals surface area contributed by atoms with Gasteiger partial charge in [-0.05, 0) is 82.7 Å². The normalized spacial score (nSPS) is 17.1. The third-order valence-electron chi connectivity index (χ3n) is 6.21. The van der Waals surface area contributed by atoms with Gasteiger partial charge in [0.05, 0.1) is 31.9 Å². The molecule has 0 spiro atoms. The molecule has 194 valence electrons. The van der Waals surface area contributed by atoms with Gasteiger partial charge in [0.1, 0.15) is 11.5 Å². The quantitative estimate of drug-likeness (QED) is 0.301. The summed E-state index contributed by atoms with van der Waals surface area (Å²) in [5.41, 5.74) is 2.74. The fourth-order valence-corrected chi connectivity index (χ4v) is 4.41. The number of aryl methyl sites for hydroxylation is 2. The van der Waals surface area contributed by atoms with Gasteiger partial charge < -0.3 is 29.1 Å². The summed E-state index contributed by atoms with van der Waals surface area (Å²) in [7, 11) is 5.39. The largest absolute Gasteiger partial charge is 0.507 e. The van der Waals surface area contributed by atoms with Gasteiger partial charge in [0.25, 0.3) is 11.7 Å². The third-order valence-corrected chi connectivity index (χ3v) is 6.21. The van der Waals surface area contributed by atoms with E-state index >= 15 is 0 Å². The van der Waals surface area contributed by atoms with Gasteiger partial charge in [-0.2, -0.15) is 0 Å². The summed E-state index contributed by atoms with van der Waals surface area (Å²) in [5.74, 6) is 0.219. The second-order valence-electron chi connectivity index (χ2n) is 9.00. The number of hydrogen-bond acceptors (Lipinski definition) is 7. The average Bonchev–Trinajstić information content (AvgIpc) is 3.09. The van der Waals surface area contributed by atoms with Crippen LogP contribution in [0.2, 0.25) is 0 Å². The number of ether oxygens (including phenoxy) is 3. The summed E-state index contributed by atoms with van der Waals surface area (Å²) in [6, 6.07) is 8.18. The number of Topliss-reactive ketones (excluding diaryl/α,β-unsaturated/α-hetero) is 1. The van der Waals surface area contributed by atoms with Crippen LogP contribution < -0.4 is 14.2 Å². The number of likely N-dealkylation sites (tertiary alicyclic amines) is 1. The molecule has 1 aliphatic heterocycles. The van der Waals surface area contributed by atoms with Crippen LogP contribution in [0.25, 0.3) is 5.76 Å². The minimum absolute atomic E-state index is 0.0537. The molecule has 1 aliphatic rings. The minimum Gasteiger partial charge on any atom is -0.507 e. The van der Waals surface area contributed by atoms with E-state index in [4.69, 9.17) is 14.2 Å². The maximum atomic E-state index is 13.4. The van der Waals surface area contributed by atoms with Crippen LogP contribution in [-0.2, 0) is 9.59 Å². The molecule has 3 rings (SSSR count). The van der Waals surface area contributed by atoms with Crippen LogP contribution in [0.5, 0.6) is 17.2 Å². The lowest BCUT2D eigenvalue weighted by molar-refractivity contribution is -0.140. The lowest BCUT2D eigenvalue weighted by atomic mass is 9.93. The molecule has 0 radical (unpaired) electrons. The second-order valence-corrected chi connectivity index (χ2v) is 9.00. The summed E-state index contributed by atoms with van der Waals surface area (Å²) < 4.78 is 16.9. The topological polar surface area (TPSA) is 88.5 Å². The van der Waals surface area contributed by atoms with Crippen LogP contribution >= 0.6 is 0 Å². The first-order valence-electron chi connectivity index (χ1n) is 12.1. The van der Waals surface area contributed by atoms with Crippen LogP contribution in [0.1, 0.15) is 42.1 Å². The van der Waals surface area contributed by atoms with Gasteiger partial charge in [-0.3, -0.25) is 9.59 Å². The van der Waals surface area contributed by atoms with Crippen molar-refractivity contribution >= 4 is 17.4 Å². The Hall–Kier alpha value is -3.52. The van der Waals surface area contributed by atoms with E-state index in [1.54, 1.807) is 25.3 Å². The molecule has 1 atom stereocenters. The van der Waals surface area contributed by atoms with Gasteiger partial charge in [0.2, 0.25) is 0 Å². The number of aliphatic hydroxyl groups excluding tert-OH is 1. The second kappa shape index (κ2) is 11.5.